The molecule has 0 aliphatic rings. The van der Waals surface area contributed by atoms with Crippen LogP contribution in [-0.2, 0) is 0 Å². The second-order valence-corrected chi connectivity index (χ2v) is 7.65. The van der Waals surface area contributed by atoms with Gasteiger partial charge in [-0.05, 0) is 6.42 Å². The Kier molecular flexibility index (Phi) is 17.3. The molecule has 0 fully saturated rings. The van der Waals surface area contributed by atoms with E-state index >= 15 is 0 Å². The summed E-state index contributed by atoms with van der Waals surface area (Å²) in [6, 6.07) is 0. The molecule has 20 heavy (non-hydrogen) atoms. The van der Waals surface area contributed by atoms with Gasteiger partial charge in [0.25, 0.3) is 0 Å². The number of nitrogens with zero attached hydrogens (tertiary/aromatic N) is 2. The average Bonchev–Trinajstić information content (AvgIpc) is 2.45. The zero-order chi connectivity index (χ0) is 14.9. The highest BCUT2D eigenvalue weighted by atomic mass is 35.5. The van der Waals surface area contributed by atoms with Crippen molar-refractivity contribution in [2.75, 3.05) is 11.0 Å². The summed E-state index contributed by atoms with van der Waals surface area (Å²) in [5.41, 5.74) is 0. The predicted molar refractivity (Wildman–Crippen MR) is 95.7 cm³/mol. The third kappa shape index (κ3) is 14.6. The van der Waals surface area contributed by atoms with E-state index in [4.69, 9.17) is 16.9 Å². The summed E-state index contributed by atoms with van der Waals surface area (Å²) < 4.78 is 0.804. The Morgan fingerprint density at radius 1 is 0.950 bits per heavy atom. The van der Waals surface area contributed by atoms with Gasteiger partial charge < -0.3 is 0 Å². The summed E-state index contributed by atoms with van der Waals surface area (Å²) in [5.74, 6) is 1.04. The van der Waals surface area contributed by atoms with E-state index in [1.165, 1.54) is 76.0 Å². The molecular formula is C15H27ClN2S2. The molecular weight excluding hydrogens is 308 g/mol. The minimum Gasteiger partial charge on any atom is -0.170 e. The van der Waals surface area contributed by atoms with Crippen molar-refractivity contribution in [1.82, 2.24) is 0 Å². The molecule has 0 unspecified atom stereocenters. The number of hydrogen-bond donors (Lipinski definition) is 0. The van der Waals surface area contributed by atoms with Crippen molar-refractivity contribution in [1.29, 1.82) is 5.26 Å². The Labute approximate surface area is 138 Å². The highest BCUT2D eigenvalue weighted by Gasteiger charge is 2.00. The van der Waals surface area contributed by atoms with Crippen LogP contribution in [-0.4, -0.2) is 15.3 Å². The lowest BCUT2D eigenvalue weighted by atomic mass is 10.1. The molecule has 0 aliphatic carbocycles. The summed E-state index contributed by atoms with van der Waals surface area (Å²) in [6.45, 7) is 2.26. The van der Waals surface area contributed by atoms with Gasteiger partial charge >= 0.3 is 0 Å². The van der Waals surface area contributed by atoms with Gasteiger partial charge in [0.1, 0.15) is 4.38 Å². The summed E-state index contributed by atoms with van der Waals surface area (Å²) in [6.07, 6.45) is 15.4. The molecule has 0 N–H and O–H groups in total. The van der Waals surface area contributed by atoms with E-state index in [0.717, 1.165) is 10.1 Å². The van der Waals surface area contributed by atoms with Gasteiger partial charge in [0.15, 0.2) is 0 Å². The van der Waals surface area contributed by atoms with Crippen LogP contribution in [0.1, 0.15) is 71.1 Å². The van der Waals surface area contributed by atoms with Crippen LogP contribution in [0.3, 0.4) is 0 Å². The molecule has 0 aliphatic heterocycles. The molecule has 0 spiro atoms. The second-order valence-electron chi connectivity index (χ2n) is 4.76. The van der Waals surface area contributed by atoms with Crippen molar-refractivity contribution in [2.45, 2.75) is 71.1 Å². The Morgan fingerprint density at radius 2 is 1.50 bits per heavy atom. The number of thioether (sulfide) groups is 2. The van der Waals surface area contributed by atoms with E-state index in [1.54, 1.807) is 11.8 Å². The molecule has 0 radical (unpaired) electrons. The standard InChI is InChI=1S/C15H27ClN2S2/c1-2-3-4-5-6-7-8-9-10-11-12-19-15(18-14-17)20-13-16/h2-13H2,1H3. The molecule has 116 valence electrons. The van der Waals surface area contributed by atoms with Crippen LogP contribution in [0, 0.1) is 11.5 Å². The zero-order valence-electron chi connectivity index (χ0n) is 12.6. The number of rotatable bonds is 12. The number of alkyl halides is 1. The van der Waals surface area contributed by atoms with Crippen LogP contribution in [0.5, 0.6) is 0 Å². The first-order chi connectivity index (χ1) is 9.85. The van der Waals surface area contributed by atoms with Crippen molar-refractivity contribution < 1.29 is 0 Å². The van der Waals surface area contributed by atoms with E-state index in [0.29, 0.717) is 5.21 Å². The fourth-order valence-electron chi connectivity index (χ4n) is 1.94. The molecule has 0 heterocycles. The normalized spacial score (nSPS) is 11.6. The van der Waals surface area contributed by atoms with Crippen molar-refractivity contribution in [3.8, 4) is 6.19 Å². The van der Waals surface area contributed by atoms with Gasteiger partial charge in [-0.15, -0.1) is 11.6 Å². The van der Waals surface area contributed by atoms with Crippen LogP contribution in [0.4, 0.5) is 0 Å². The molecule has 0 aromatic rings. The summed E-state index contributed by atoms with van der Waals surface area (Å²) >= 11 is 8.73. The Morgan fingerprint density at radius 3 is 2.00 bits per heavy atom. The lowest BCUT2D eigenvalue weighted by Gasteiger charge is -2.03. The van der Waals surface area contributed by atoms with Gasteiger partial charge in [-0.1, -0.05) is 88.2 Å². The molecule has 0 atom stereocenters. The van der Waals surface area contributed by atoms with Crippen LogP contribution in [0.2, 0.25) is 0 Å². The Balaban J connectivity index is 3.27. The van der Waals surface area contributed by atoms with Gasteiger partial charge in [-0.3, -0.25) is 0 Å². The smallest absolute Gasteiger partial charge is 0.170 e. The maximum absolute atomic E-state index is 8.53. The van der Waals surface area contributed by atoms with Crippen molar-refractivity contribution in [3.05, 3.63) is 0 Å². The molecule has 0 aromatic heterocycles. The van der Waals surface area contributed by atoms with E-state index in [9.17, 15) is 0 Å². The third-order valence-electron chi connectivity index (χ3n) is 3.04. The summed E-state index contributed by atoms with van der Waals surface area (Å²) in [4.78, 5) is 3.76. The van der Waals surface area contributed by atoms with Gasteiger partial charge in [0.2, 0.25) is 6.19 Å². The van der Waals surface area contributed by atoms with E-state index in [-0.39, 0.29) is 0 Å². The molecule has 0 amide bonds. The Bertz CT molecular complexity index is 278. The number of hydrogen-bond acceptors (Lipinski definition) is 4. The summed E-state index contributed by atoms with van der Waals surface area (Å²) in [5, 5.41) is 9.00. The first-order valence-electron chi connectivity index (χ1n) is 7.63. The van der Waals surface area contributed by atoms with Crippen LogP contribution >= 0.6 is 35.1 Å². The van der Waals surface area contributed by atoms with E-state index in [1.807, 2.05) is 6.19 Å². The maximum atomic E-state index is 8.53. The van der Waals surface area contributed by atoms with Crippen molar-refractivity contribution >= 4 is 39.5 Å². The first-order valence-corrected chi connectivity index (χ1v) is 10.1. The van der Waals surface area contributed by atoms with E-state index < -0.39 is 0 Å². The monoisotopic (exact) mass is 334 g/mol. The van der Waals surface area contributed by atoms with E-state index in [2.05, 4.69) is 11.9 Å². The number of nitriles is 1. The van der Waals surface area contributed by atoms with Crippen LogP contribution in [0.15, 0.2) is 4.99 Å². The summed E-state index contributed by atoms with van der Waals surface area (Å²) in [7, 11) is 0. The average molecular weight is 335 g/mol. The van der Waals surface area contributed by atoms with Gasteiger partial charge in [0, 0.05) is 5.75 Å². The fraction of sp³-hybridized carbons (Fsp3) is 0.867. The molecule has 5 heteroatoms. The Hall–Kier alpha value is 0.150. The quantitative estimate of drug-likeness (QED) is 0.136. The molecule has 0 aromatic carbocycles. The minimum absolute atomic E-state index is 0.464. The highest BCUT2D eigenvalue weighted by molar-refractivity contribution is 8.39. The fourth-order valence-corrected chi connectivity index (χ4v) is 4.03. The molecule has 0 bridgehead atoms. The maximum Gasteiger partial charge on any atom is 0.207 e. The second kappa shape index (κ2) is 17.2. The van der Waals surface area contributed by atoms with Gasteiger partial charge in [-0.2, -0.15) is 10.3 Å². The molecule has 2 nitrogen and oxygen atoms in total. The van der Waals surface area contributed by atoms with Crippen LogP contribution < -0.4 is 0 Å². The topological polar surface area (TPSA) is 36.1 Å². The van der Waals surface area contributed by atoms with Crippen LogP contribution in [0.25, 0.3) is 0 Å². The van der Waals surface area contributed by atoms with Gasteiger partial charge in [0.05, 0.1) is 5.21 Å². The molecule has 0 saturated heterocycles. The first kappa shape index (κ1) is 20.1. The zero-order valence-corrected chi connectivity index (χ0v) is 15.0. The predicted octanol–water partition coefficient (Wildman–Crippen LogP) is 6.41. The minimum atomic E-state index is 0.464. The SMILES string of the molecule is CCCCCCCCCCCCSC(=NC#N)SCCl. The third-order valence-corrected chi connectivity index (χ3v) is 5.36. The lowest BCUT2D eigenvalue weighted by Crippen LogP contribution is -1.89. The van der Waals surface area contributed by atoms with Gasteiger partial charge in [-0.25, -0.2) is 0 Å². The highest BCUT2D eigenvalue weighted by Crippen LogP contribution is 2.20. The number of aliphatic imine (C=N–C) groups is 1. The van der Waals surface area contributed by atoms with Crippen molar-refractivity contribution in [2.24, 2.45) is 4.99 Å². The largest absolute Gasteiger partial charge is 0.207 e. The molecule has 0 rings (SSSR count). The van der Waals surface area contributed by atoms with Crippen molar-refractivity contribution in [3.63, 3.8) is 0 Å². The number of unbranched alkanes of at least 4 members (excludes halogenated alkanes) is 9. The molecule has 0 saturated carbocycles. The number of halogens is 1. The lowest BCUT2D eigenvalue weighted by molar-refractivity contribution is 0.563.